The minimum Gasteiger partial charge on any atom is -0.420 e. The summed E-state index contributed by atoms with van der Waals surface area (Å²) in [4.78, 5) is 13.9. The largest absolute Gasteiger partial charge is 0.420 e. The zero-order valence-electron chi connectivity index (χ0n) is 13.0. The number of fused-ring (bicyclic) bond motifs is 3. The van der Waals surface area contributed by atoms with Gasteiger partial charge in [0.1, 0.15) is 12.1 Å². The van der Waals surface area contributed by atoms with Crippen molar-refractivity contribution in [2.45, 2.75) is 37.5 Å². The number of nitrogens with zero attached hydrogens (tertiary/aromatic N) is 4. The molecule has 0 unspecified atom stereocenters. The van der Waals surface area contributed by atoms with Crippen molar-refractivity contribution in [1.82, 2.24) is 20.2 Å². The molecule has 1 aliphatic carbocycles. The Morgan fingerprint density at radius 2 is 2.16 bits per heavy atom. The molecule has 1 spiro atoms. The van der Waals surface area contributed by atoms with Crippen molar-refractivity contribution < 1.29 is 31.6 Å². The lowest BCUT2D eigenvalue weighted by Gasteiger charge is -2.34. The van der Waals surface area contributed by atoms with E-state index in [-0.39, 0.29) is 30.3 Å². The van der Waals surface area contributed by atoms with Crippen LogP contribution in [0.15, 0.2) is 4.42 Å². The van der Waals surface area contributed by atoms with Crippen molar-refractivity contribution in [2.75, 3.05) is 13.1 Å². The van der Waals surface area contributed by atoms with E-state index in [1.807, 2.05) is 0 Å². The van der Waals surface area contributed by atoms with E-state index in [9.17, 15) is 18.3 Å². The number of aromatic nitrogens is 2. The summed E-state index contributed by atoms with van der Waals surface area (Å²) in [6.45, 7) is 0.132. The number of carbonyl (C=O) groups excluding carboxylic acids is 1. The summed E-state index contributed by atoms with van der Waals surface area (Å²) in [5, 5.41) is 18.1. The lowest BCUT2D eigenvalue weighted by molar-refractivity contribution is -0.0530. The van der Waals surface area contributed by atoms with E-state index in [4.69, 9.17) is 14.7 Å². The molecule has 2 bridgehead atoms. The van der Waals surface area contributed by atoms with Crippen LogP contribution in [0.3, 0.4) is 0 Å². The van der Waals surface area contributed by atoms with Crippen molar-refractivity contribution in [3.05, 3.63) is 11.8 Å². The van der Waals surface area contributed by atoms with Crippen LogP contribution in [-0.2, 0) is 14.7 Å². The van der Waals surface area contributed by atoms with E-state index in [2.05, 4.69) is 14.5 Å². The second-order valence-corrected chi connectivity index (χ2v) is 7.60. The molecule has 4 rings (SSSR count). The summed E-state index contributed by atoms with van der Waals surface area (Å²) >= 11 is 0. The van der Waals surface area contributed by atoms with E-state index in [0.717, 1.165) is 12.8 Å². The Hall–Kier alpha value is -1.80. The predicted molar refractivity (Wildman–Crippen MR) is 77.7 cm³/mol. The van der Waals surface area contributed by atoms with Gasteiger partial charge in [-0.2, -0.15) is 13.5 Å². The fourth-order valence-electron chi connectivity index (χ4n) is 3.65. The number of amides is 2. The van der Waals surface area contributed by atoms with Crippen molar-refractivity contribution in [3.63, 3.8) is 0 Å². The molecule has 2 aliphatic heterocycles. The number of carbonyl (C=O) groups is 1. The molecule has 3 atom stereocenters. The summed E-state index contributed by atoms with van der Waals surface area (Å²) in [5.41, 5.74) is 5.04. The normalized spacial score (nSPS) is 28.7. The molecule has 1 saturated carbocycles. The lowest BCUT2D eigenvalue weighted by atomic mass is 9.85. The van der Waals surface area contributed by atoms with Crippen molar-refractivity contribution >= 4 is 16.4 Å². The van der Waals surface area contributed by atoms with Crippen LogP contribution in [0.5, 0.6) is 0 Å². The minimum atomic E-state index is -4.81. The van der Waals surface area contributed by atoms with E-state index >= 15 is 0 Å². The van der Waals surface area contributed by atoms with Crippen LogP contribution >= 0.6 is 0 Å². The van der Waals surface area contributed by atoms with Gasteiger partial charge in [0, 0.05) is 13.1 Å². The Morgan fingerprint density at radius 1 is 1.44 bits per heavy atom. The van der Waals surface area contributed by atoms with E-state index in [1.165, 1.54) is 4.90 Å². The molecule has 12 nitrogen and oxygen atoms in total. The van der Waals surface area contributed by atoms with Gasteiger partial charge in [-0.05, 0) is 24.7 Å². The highest BCUT2D eigenvalue weighted by molar-refractivity contribution is 7.80. The van der Waals surface area contributed by atoms with E-state index in [1.54, 1.807) is 0 Å². The molecule has 0 aromatic carbocycles. The fraction of sp³-hybridized carbons (Fsp3) is 0.750. The molecule has 1 aromatic rings. The number of rotatable bonds is 5. The number of aliphatic hydroxyl groups is 1. The summed E-state index contributed by atoms with van der Waals surface area (Å²) in [6.07, 6.45) is 0.968. The standard InChI is InChI=1S/C12H17N5O7S/c13-4-7(18)10-15-14-9(23-10)6-3-12(1-2-12)8-5-16(6)11(19)17(8)24-25(20,21)22/h6-8,18H,1-5,13H2,(H,20,21,22)/t6-,7-,8-/m0/s1. The van der Waals surface area contributed by atoms with Crippen LogP contribution in [-0.4, -0.2) is 63.4 Å². The Bertz CT molecular complexity index is 807. The van der Waals surface area contributed by atoms with Crippen molar-refractivity contribution in [2.24, 2.45) is 11.1 Å². The Balaban J connectivity index is 1.64. The zero-order chi connectivity index (χ0) is 18.0. The third-order valence-corrected chi connectivity index (χ3v) is 5.44. The number of hydroxylamine groups is 2. The third kappa shape index (κ3) is 2.67. The van der Waals surface area contributed by atoms with Gasteiger partial charge < -0.3 is 20.2 Å². The monoisotopic (exact) mass is 375 g/mol. The van der Waals surface area contributed by atoms with Gasteiger partial charge in [0.05, 0.1) is 6.04 Å². The average Bonchev–Trinajstić information content (AvgIpc) is 3.04. The van der Waals surface area contributed by atoms with Crippen molar-refractivity contribution in [3.8, 4) is 0 Å². The van der Waals surface area contributed by atoms with Crippen LogP contribution < -0.4 is 5.73 Å². The predicted octanol–water partition coefficient (Wildman–Crippen LogP) is -0.873. The fourth-order valence-corrected chi connectivity index (χ4v) is 4.02. The lowest BCUT2D eigenvalue weighted by Crippen LogP contribution is -2.43. The molecular formula is C12H17N5O7S. The summed E-state index contributed by atoms with van der Waals surface area (Å²) in [5.74, 6) is 0.108. The summed E-state index contributed by atoms with van der Waals surface area (Å²) in [6, 6.07) is -1.74. The average molecular weight is 375 g/mol. The van der Waals surface area contributed by atoms with Crippen LogP contribution in [0.25, 0.3) is 0 Å². The maximum atomic E-state index is 12.6. The Labute approximate surface area is 142 Å². The number of hydrogen-bond donors (Lipinski definition) is 3. The maximum Gasteiger partial charge on any atom is 0.418 e. The molecule has 138 valence electrons. The SMILES string of the molecule is NC[C@H](O)c1nnc([C@@H]2CC3(CC3)[C@@H]3CN2C(=O)N3OS(=O)(=O)O)o1. The van der Waals surface area contributed by atoms with Crippen LogP contribution in [0.2, 0.25) is 0 Å². The molecule has 4 N–H and O–H groups in total. The zero-order valence-corrected chi connectivity index (χ0v) is 13.8. The van der Waals surface area contributed by atoms with Crippen molar-refractivity contribution in [1.29, 1.82) is 0 Å². The molecule has 3 aliphatic rings. The second kappa shape index (κ2) is 5.35. The van der Waals surface area contributed by atoms with Gasteiger partial charge in [0.25, 0.3) is 0 Å². The molecule has 3 fully saturated rings. The van der Waals surface area contributed by atoms with Gasteiger partial charge in [-0.3, -0.25) is 4.55 Å². The van der Waals surface area contributed by atoms with Gasteiger partial charge in [0.2, 0.25) is 11.8 Å². The third-order valence-electron chi connectivity index (χ3n) is 5.09. The van der Waals surface area contributed by atoms with Crippen LogP contribution in [0.4, 0.5) is 4.79 Å². The van der Waals surface area contributed by atoms with Crippen LogP contribution in [0.1, 0.15) is 43.2 Å². The number of piperidine rings is 1. The molecule has 0 radical (unpaired) electrons. The molecule has 2 saturated heterocycles. The highest BCUT2D eigenvalue weighted by atomic mass is 32.3. The molecule has 1 aromatic heterocycles. The minimum absolute atomic E-state index is 0.0397. The van der Waals surface area contributed by atoms with E-state index < -0.39 is 34.6 Å². The first-order valence-corrected chi connectivity index (χ1v) is 9.09. The number of hydrogen-bond acceptors (Lipinski definition) is 9. The quantitative estimate of drug-likeness (QED) is 0.549. The maximum absolute atomic E-state index is 12.6. The molecule has 13 heteroatoms. The van der Waals surface area contributed by atoms with Gasteiger partial charge >= 0.3 is 16.4 Å². The molecular weight excluding hydrogens is 358 g/mol. The van der Waals surface area contributed by atoms with Crippen LogP contribution in [0, 0.1) is 5.41 Å². The second-order valence-electron chi connectivity index (χ2n) is 6.59. The Morgan fingerprint density at radius 3 is 2.76 bits per heavy atom. The number of nitrogens with two attached hydrogens (primary N) is 1. The van der Waals surface area contributed by atoms with Gasteiger partial charge in [-0.15, -0.1) is 14.5 Å². The molecule has 25 heavy (non-hydrogen) atoms. The van der Waals surface area contributed by atoms with E-state index in [0.29, 0.717) is 11.5 Å². The molecule has 3 heterocycles. The topological polar surface area (TPSA) is 172 Å². The van der Waals surface area contributed by atoms with Gasteiger partial charge in [-0.1, -0.05) is 0 Å². The number of urea groups is 1. The first-order valence-electron chi connectivity index (χ1n) is 7.72. The Kier molecular flexibility index (Phi) is 3.56. The highest BCUT2D eigenvalue weighted by Gasteiger charge is 2.64. The summed E-state index contributed by atoms with van der Waals surface area (Å²) in [7, 11) is -4.81. The first kappa shape index (κ1) is 16.7. The highest BCUT2D eigenvalue weighted by Crippen LogP contribution is 2.61. The summed E-state index contributed by atoms with van der Waals surface area (Å²) < 4.78 is 41.0. The first-order chi connectivity index (χ1) is 11.7. The number of aliphatic hydroxyl groups excluding tert-OH is 1. The van der Waals surface area contributed by atoms with Gasteiger partial charge in [0.15, 0.2) is 0 Å². The molecule has 2 amide bonds. The smallest absolute Gasteiger partial charge is 0.418 e. The van der Waals surface area contributed by atoms with Gasteiger partial charge in [-0.25, -0.2) is 4.79 Å².